The number of nitrogens with one attached hydrogen (secondary N) is 2. The fourth-order valence-corrected chi connectivity index (χ4v) is 2.67. The molecule has 7 nitrogen and oxygen atoms in total. The molecule has 7 heteroatoms. The zero-order valence-corrected chi connectivity index (χ0v) is 17.2. The molecule has 0 atom stereocenters. The Balaban J connectivity index is 2.20. The van der Waals surface area contributed by atoms with Gasteiger partial charge >= 0.3 is 0 Å². The summed E-state index contributed by atoms with van der Waals surface area (Å²) < 4.78 is 15.9. The molecule has 2 amide bonds. The molecule has 0 spiro atoms. The van der Waals surface area contributed by atoms with Gasteiger partial charge in [0.2, 0.25) is 11.7 Å². The van der Waals surface area contributed by atoms with Crippen LogP contribution >= 0.6 is 0 Å². The molecule has 0 aromatic heterocycles. The quantitative estimate of drug-likeness (QED) is 0.665. The fourth-order valence-electron chi connectivity index (χ4n) is 2.67. The molecule has 0 saturated carbocycles. The molecule has 0 bridgehead atoms. The van der Waals surface area contributed by atoms with E-state index in [1.165, 1.54) is 27.4 Å². The maximum Gasteiger partial charge on any atom is 0.253 e. The highest BCUT2D eigenvalue weighted by Gasteiger charge is 2.14. The van der Waals surface area contributed by atoms with Crippen LogP contribution < -0.4 is 24.8 Å². The molecule has 0 aliphatic rings. The van der Waals surface area contributed by atoms with E-state index in [0.717, 1.165) is 0 Å². The zero-order chi connectivity index (χ0) is 21.4. The Kier molecular flexibility index (Phi) is 7.65. The molecular formula is C22H26N2O5. The van der Waals surface area contributed by atoms with Gasteiger partial charge in [-0.25, -0.2) is 0 Å². The van der Waals surface area contributed by atoms with Crippen LogP contribution in [-0.4, -0.2) is 39.2 Å². The second-order valence-electron chi connectivity index (χ2n) is 6.46. The molecule has 29 heavy (non-hydrogen) atoms. The van der Waals surface area contributed by atoms with Gasteiger partial charge in [0.25, 0.3) is 5.91 Å². The van der Waals surface area contributed by atoms with Crippen molar-refractivity contribution in [1.82, 2.24) is 5.32 Å². The summed E-state index contributed by atoms with van der Waals surface area (Å²) in [6.45, 7) is 3.75. The van der Waals surface area contributed by atoms with E-state index >= 15 is 0 Å². The van der Waals surface area contributed by atoms with Gasteiger partial charge in [-0.3, -0.25) is 9.59 Å². The number of carbonyl (C=O) groups is 2. The summed E-state index contributed by atoms with van der Waals surface area (Å²) in [5.41, 5.74) is 1.53. The number of methoxy groups -OCH3 is 3. The van der Waals surface area contributed by atoms with Crippen molar-refractivity contribution < 1.29 is 23.8 Å². The van der Waals surface area contributed by atoms with E-state index in [1.807, 2.05) is 13.8 Å². The Bertz CT molecular complexity index is 881. The van der Waals surface area contributed by atoms with Crippen molar-refractivity contribution in [2.45, 2.75) is 19.9 Å². The van der Waals surface area contributed by atoms with Gasteiger partial charge in [0.1, 0.15) is 0 Å². The maximum atomic E-state index is 12.4. The van der Waals surface area contributed by atoms with Crippen LogP contribution in [0.25, 0.3) is 6.08 Å². The van der Waals surface area contributed by atoms with Crippen LogP contribution in [0.2, 0.25) is 0 Å². The third kappa shape index (κ3) is 5.75. The van der Waals surface area contributed by atoms with Gasteiger partial charge in [-0.1, -0.05) is 12.1 Å². The van der Waals surface area contributed by atoms with Gasteiger partial charge in [-0.2, -0.15) is 0 Å². The number of ether oxygens (including phenoxy) is 3. The lowest BCUT2D eigenvalue weighted by molar-refractivity contribution is -0.111. The number of para-hydroxylation sites is 1. The lowest BCUT2D eigenvalue weighted by atomic mass is 10.1. The number of hydrogen-bond acceptors (Lipinski definition) is 5. The lowest BCUT2D eigenvalue weighted by Gasteiger charge is -2.13. The molecule has 2 aromatic rings. The molecule has 2 aromatic carbocycles. The first-order valence-electron chi connectivity index (χ1n) is 9.08. The summed E-state index contributed by atoms with van der Waals surface area (Å²) in [4.78, 5) is 24.7. The minimum absolute atomic E-state index is 0.00816. The minimum Gasteiger partial charge on any atom is -0.493 e. The Morgan fingerprint density at radius 1 is 0.966 bits per heavy atom. The highest BCUT2D eigenvalue weighted by molar-refractivity contribution is 6.07. The minimum atomic E-state index is -0.372. The van der Waals surface area contributed by atoms with Gasteiger partial charge in [-0.05, 0) is 49.8 Å². The Morgan fingerprint density at radius 2 is 1.59 bits per heavy atom. The number of carbonyl (C=O) groups excluding carboxylic acids is 2. The average molecular weight is 398 g/mol. The van der Waals surface area contributed by atoms with E-state index in [9.17, 15) is 9.59 Å². The predicted octanol–water partition coefficient (Wildman–Crippen LogP) is 3.50. The Labute approximate surface area is 170 Å². The maximum absolute atomic E-state index is 12.4. The molecule has 154 valence electrons. The standard InChI is InChI=1S/C22H26N2O5/c1-14(2)23-22(26)16-8-6-7-9-17(16)24-20(25)11-10-15-12-18(27-3)21(29-5)19(13-15)28-4/h6-14H,1-5H3,(H,23,26)(H,24,25)/b11-10+. The molecule has 0 fully saturated rings. The second kappa shape index (κ2) is 10.2. The smallest absolute Gasteiger partial charge is 0.253 e. The molecule has 0 saturated heterocycles. The van der Waals surface area contributed by atoms with Crippen LogP contribution in [0.5, 0.6) is 17.2 Å². The van der Waals surface area contributed by atoms with Crippen LogP contribution in [0.3, 0.4) is 0 Å². The van der Waals surface area contributed by atoms with Crippen LogP contribution in [0.15, 0.2) is 42.5 Å². The van der Waals surface area contributed by atoms with Crippen molar-refractivity contribution >= 4 is 23.6 Å². The molecule has 2 N–H and O–H groups in total. The van der Waals surface area contributed by atoms with E-state index < -0.39 is 0 Å². The summed E-state index contributed by atoms with van der Waals surface area (Å²) in [5.74, 6) is 0.833. The van der Waals surface area contributed by atoms with Crippen LogP contribution in [0.1, 0.15) is 29.8 Å². The summed E-state index contributed by atoms with van der Waals surface area (Å²) in [5, 5.41) is 5.56. The number of benzene rings is 2. The average Bonchev–Trinajstić information content (AvgIpc) is 2.71. The third-order valence-electron chi connectivity index (χ3n) is 3.96. The Morgan fingerprint density at radius 3 is 2.14 bits per heavy atom. The molecule has 0 radical (unpaired) electrons. The van der Waals surface area contributed by atoms with E-state index in [0.29, 0.717) is 34.1 Å². The SMILES string of the molecule is COc1cc(/C=C/C(=O)Nc2ccccc2C(=O)NC(C)C)cc(OC)c1OC. The van der Waals surface area contributed by atoms with Crippen molar-refractivity contribution in [2.24, 2.45) is 0 Å². The molecule has 0 aliphatic heterocycles. The van der Waals surface area contributed by atoms with Gasteiger partial charge in [0, 0.05) is 12.1 Å². The lowest BCUT2D eigenvalue weighted by Crippen LogP contribution is -2.30. The topological polar surface area (TPSA) is 85.9 Å². The first kappa shape index (κ1) is 21.8. The number of hydrogen-bond donors (Lipinski definition) is 2. The molecular weight excluding hydrogens is 372 g/mol. The first-order valence-corrected chi connectivity index (χ1v) is 9.08. The largest absolute Gasteiger partial charge is 0.493 e. The van der Waals surface area contributed by atoms with Gasteiger partial charge in [0.05, 0.1) is 32.6 Å². The monoisotopic (exact) mass is 398 g/mol. The van der Waals surface area contributed by atoms with E-state index in [4.69, 9.17) is 14.2 Å². The summed E-state index contributed by atoms with van der Waals surface area (Å²) >= 11 is 0. The van der Waals surface area contributed by atoms with Crippen LogP contribution in [0, 0.1) is 0 Å². The molecule has 0 heterocycles. The first-order chi connectivity index (χ1) is 13.9. The Hall–Kier alpha value is -3.48. The highest BCUT2D eigenvalue weighted by atomic mass is 16.5. The third-order valence-corrected chi connectivity index (χ3v) is 3.96. The van der Waals surface area contributed by atoms with Crippen LogP contribution in [-0.2, 0) is 4.79 Å². The predicted molar refractivity (Wildman–Crippen MR) is 113 cm³/mol. The van der Waals surface area contributed by atoms with Crippen molar-refractivity contribution in [3.05, 3.63) is 53.6 Å². The van der Waals surface area contributed by atoms with Crippen molar-refractivity contribution in [3.8, 4) is 17.2 Å². The molecule has 2 rings (SSSR count). The van der Waals surface area contributed by atoms with Gasteiger partial charge in [-0.15, -0.1) is 0 Å². The number of rotatable bonds is 8. The van der Waals surface area contributed by atoms with E-state index in [2.05, 4.69) is 10.6 Å². The zero-order valence-electron chi connectivity index (χ0n) is 17.2. The summed E-state index contributed by atoms with van der Waals surface area (Å²) in [7, 11) is 4.57. The van der Waals surface area contributed by atoms with Crippen molar-refractivity contribution in [1.29, 1.82) is 0 Å². The molecule has 0 unspecified atom stereocenters. The number of amides is 2. The van der Waals surface area contributed by atoms with Gasteiger partial charge < -0.3 is 24.8 Å². The van der Waals surface area contributed by atoms with Crippen molar-refractivity contribution in [2.75, 3.05) is 26.6 Å². The van der Waals surface area contributed by atoms with Crippen LogP contribution in [0.4, 0.5) is 5.69 Å². The second-order valence-corrected chi connectivity index (χ2v) is 6.46. The summed E-state index contributed by atoms with van der Waals surface area (Å²) in [6, 6.07) is 10.3. The summed E-state index contributed by atoms with van der Waals surface area (Å²) in [6.07, 6.45) is 2.99. The normalized spacial score (nSPS) is 10.7. The van der Waals surface area contributed by atoms with Crippen molar-refractivity contribution in [3.63, 3.8) is 0 Å². The fraction of sp³-hybridized carbons (Fsp3) is 0.273. The van der Waals surface area contributed by atoms with E-state index in [-0.39, 0.29) is 17.9 Å². The molecule has 0 aliphatic carbocycles. The van der Waals surface area contributed by atoms with Gasteiger partial charge in [0.15, 0.2) is 11.5 Å². The van der Waals surface area contributed by atoms with E-state index in [1.54, 1.807) is 42.5 Å². The highest BCUT2D eigenvalue weighted by Crippen LogP contribution is 2.38. The number of anilines is 1.